The Morgan fingerprint density at radius 2 is 1.95 bits per heavy atom. The maximum atomic E-state index is 12.0. The van der Waals surface area contributed by atoms with Gasteiger partial charge in [0.15, 0.2) is 6.61 Å². The molecule has 1 N–H and O–H groups in total. The minimum absolute atomic E-state index is 0. The minimum Gasteiger partial charge on any atom is -0.484 e. The Kier molecular flexibility index (Phi) is 5.68. The summed E-state index contributed by atoms with van der Waals surface area (Å²) >= 11 is 0. The number of nitrogens with one attached hydrogen (secondary N) is 1. The van der Waals surface area contributed by atoms with Gasteiger partial charge in [-0.25, -0.2) is 4.68 Å². The van der Waals surface area contributed by atoms with Gasteiger partial charge >= 0.3 is 0 Å². The lowest BCUT2D eigenvalue weighted by Gasteiger charge is -2.27. The average molecular weight is 325 g/mol. The Bertz CT molecular complexity index is 583. The van der Waals surface area contributed by atoms with E-state index in [1.807, 2.05) is 17.0 Å². The summed E-state index contributed by atoms with van der Waals surface area (Å²) in [6.07, 6.45) is 1.52. The molecule has 3 rings (SSSR count). The first-order valence-corrected chi connectivity index (χ1v) is 6.78. The van der Waals surface area contributed by atoms with Crippen molar-refractivity contribution in [2.75, 3.05) is 32.8 Å². The van der Waals surface area contributed by atoms with Gasteiger partial charge in [0.1, 0.15) is 12.1 Å². The van der Waals surface area contributed by atoms with Crippen molar-refractivity contribution in [3.05, 3.63) is 30.6 Å². The third kappa shape index (κ3) is 3.92. The molecule has 1 aliphatic rings. The second-order valence-electron chi connectivity index (χ2n) is 4.67. The maximum absolute atomic E-state index is 12.0. The van der Waals surface area contributed by atoms with Crippen LogP contribution in [0.15, 0.2) is 30.6 Å². The molecule has 9 heteroatoms. The molecule has 8 nitrogen and oxygen atoms in total. The lowest BCUT2D eigenvalue weighted by atomic mass is 10.3. The van der Waals surface area contributed by atoms with Gasteiger partial charge in [-0.05, 0) is 34.7 Å². The number of ether oxygens (including phenoxy) is 1. The maximum Gasteiger partial charge on any atom is 0.260 e. The molecule has 22 heavy (non-hydrogen) atoms. The number of rotatable bonds is 4. The topological polar surface area (TPSA) is 85.2 Å². The summed E-state index contributed by atoms with van der Waals surface area (Å²) in [4.78, 5) is 13.8. The third-order valence-corrected chi connectivity index (χ3v) is 3.28. The fourth-order valence-electron chi connectivity index (χ4n) is 2.13. The zero-order valence-corrected chi connectivity index (χ0v) is 12.7. The van der Waals surface area contributed by atoms with Gasteiger partial charge in [-0.3, -0.25) is 4.79 Å². The van der Waals surface area contributed by atoms with E-state index in [1.54, 1.807) is 16.8 Å². The van der Waals surface area contributed by atoms with E-state index in [9.17, 15) is 4.79 Å². The van der Waals surface area contributed by atoms with Gasteiger partial charge in [-0.1, -0.05) is 0 Å². The largest absolute Gasteiger partial charge is 0.484 e. The van der Waals surface area contributed by atoms with E-state index in [0.29, 0.717) is 5.75 Å². The second-order valence-corrected chi connectivity index (χ2v) is 4.67. The minimum atomic E-state index is 0. The number of halogens is 1. The van der Waals surface area contributed by atoms with Crippen LogP contribution in [-0.2, 0) is 4.79 Å². The van der Waals surface area contributed by atoms with E-state index < -0.39 is 0 Å². The van der Waals surface area contributed by atoms with E-state index >= 15 is 0 Å². The van der Waals surface area contributed by atoms with Gasteiger partial charge in [0.05, 0.1) is 5.69 Å². The molecule has 0 aliphatic carbocycles. The molecule has 0 saturated carbocycles. The number of benzene rings is 1. The molecule has 118 valence electrons. The molecule has 1 amide bonds. The van der Waals surface area contributed by atoms with E-state index in [4.69, 9.17) is 4.74 Å². The normalized spacial score (nSPS) is 14.3. The highest BCUT2D eigenvalue weighted by molar-refractivity contribution is 5.85. The summed E-state index contributed by atoms with van der Waals surface area (Å²) in [5.74, 6) is 0.663. The van der Waals surface area contributed by atoms with E-state index in [0.717, 1.165) is 31.9 Å². The summed E-state index contributed by atoms with van der Waals surface area (Å²) in [7, 11) is 0. The summed E-state index contributed by atoms with van der Waals surface area (Å²) in [5.41, 5.74) is 0.834. The number of nitrogens with zero attached hydrogens (tertiary/aromatic N) is 5. The van der Waals surface area contributed by atoms with Crippen molar-refractivity contribution in [3.8, 4) is 11.4 Å². The number of hydrogen-bond donors (Lipinski definition) is 1. The fourth-order valence-corrected chi connectivity index (χ4v) is 2.13. The van der Waals surface area contributed by atoms with Crippen LogP contribution in [0.1, 0.15) is 0 Å². The molecular formula is C13H17ClN6O2. The standard InChI is InChI=1S/C13H16N6O2.ClH/c20-13(18-7-5-14-6-8-18)9-21-12-3-1-11(2-4-12)19-10-15-16-17-19;/h1-4,10,14H,5-9H2;1H. The predicted octanol–water partition coefficient (Wildman–Crippen LogP) is -0.105. The Balaban J connectivity index is 0.00000176. The Morgan fingerprint density at radius 1 is 1.23 bits per heavy atom. The predicted molar refractivity (Wildman–Crippen MR) is 81.3 cm³/mol. The van der Waals surface area contributed by atoms with Crippen LogP contribution in [-0.4, -0.2) is 63.8 Å². The number of aromatic nitrogens is 4. The van der Waals surface area contributed by atoms with Crippen molar-refractivity contribution in [2.45, 2.75) is 0 Å². The number of amides is 1. The number of tetrazole rings is 1. The molecule has 2 heterocycles. The molecule has 0 unspecified atom stereocenters. The molecule has 1 aromatic heterocycles. The van der Waals surface area contributed by atoms with Crippen molar-refractivity contribution >= 4 is 18.3 Å². The second kappa shape index (κ2) is 7.71. The van der Waals surface area contributed by atoms with Crippen LogP contribution in [0.5, 0.6) is 5.75 Å². The van der Waals surface area contributed by atoms with Gasteiger partial charge in [-0.2, -0.15) is 0 Å². The lowest BCUT2D eigenvalue weighted by molar-refractivity contribution is -0.133. The van der Waals surface area contributed by atoms with Crippen molar-refractivity contribution in [1.29, 1.82) is 0 Å². The van der Waals surface area contributed by atoms with Crippen LogP contribution in [0.25, 0.3) is 5.69 Å². The third-order valence-electron chi connectivity index (χ3n) is 3.28. The van der Waals surface area contributed by atoms with Crippen LogP contribution < -0.4 is 10.1 Å². The van der Waals surface area contributed by atoms with Crippen LogP contribution in [0.3, 0.4) is 0 Å². The number of hydrogen-bond acceptors (Lipinski definition) is 6. The van der Waals surface area contributed by atoms with Gasteiger partial charge in [0.25, 0.3) is 5.91 Å². The molecule has 1 fully saturated rings. The number of piperazine rings is 1. The SMILES string of the molecule is Cl.O=C(COc1ccc(-n2cnnn2)cc1)N1CCNCC1. The van der Waals surface area contributed by atoms with Gasteiger partial charge in [0, 0.05) is 26.2 Å². The van der Waals surface area contributed by atoms with Gasteiger partial charge < -0.3 is 15.0 Å². The smallest absolute Gasteiger partial charge is 0.260 e. The molecule has 2 aromatic rings. The summed E-state index contributed by atoms with van der Waals surface area (Å²) < 4.78 is 7.07. The summed E-state index contributed by atoms with van der Waals surface area (Å²) in [6.45, 7) is 3.21. The van der Waals surface area contributed by atoms with Crippen LogP contribution in [0, 0.1) is 0 Å². The molecule has 1 saturated heterocycles. The van der Waals surface area contributed by atoms with E-state index in [1.165, 1.54) is 6.33 Å². The number of carbonyl (C=O) groups excluding carboxylic acids is 1. The molecule has 1 aromatic carbocycles. The van der Waals surface area contributed by atoms with E-state index in [-0.39, 0.29) is 24.9 Å². The summed E-state index contributed by atoms with van der Waals surface area (Å²) in [6, 6.07) is 7.26. The highest BCUT2D eigenvalue weighted by atomic mass is 35.5. The highest BCUT2D eigenvalue weighted by Gasteiger charge is 2.16. The number of carbonyl (C=O) groups is 1. The van der Waals surface area contributed by atoms with Crippen LogP contribution in [0.2, 0.25) is 0 Å². The van der Waals surface area contributed by atoms with Gasteiger partial charge in [-0.15, -0.1) is 17.5 Å². The monoisotopic (exact) mass is 324 g/mol. The first-order chi connectivity index (χ1) is 10.3. The highest BCUT2D eigenvalue weighted by Crippen LogP contribution is 2.14. The zero-order chi connectivity index (χ0) is 14.5. The molecule has 0 spiro atoms. The zero-order valence-electron chi connectivity index (χ0n) is 11.9. The molecule has 1 aliphatic heterocycles. The molecule has 0 radical (unpaired) electrons. The summed E-state index contributed by atoms with van der Waals surface area (Å²) in [5, 5.41) is 14.2. The average Bonchev–Trinajstić information content (AvgIpc) is 3.08. The first kappa shape index (κ1) is 16.2. The first-order valence-electron chi connectivity index (χ1n) is 6.78. The Morgan fingerprint density at radius 3 is 2.59 bits per heavy atom. The Labute approximate surface area is 133 Å². The molecule has 0 bridgehead atoms. The molecule has 0 atom stereocenters. The van der Waals surface area contributed by atoms with E-state index in [2.05, 4.69) is 20.8 Å². The van der Waals surface area contributed by atoms with Crippen molar-refractivity contribution in [1.82, 2.24) is 30.4 Å². The molecular weight excluding hydrogens is 308 g/mol. The van der Waals surface area contributed by atoms with Crippen LogP contribution >= 0.6 is 12.4 Å². The van der Waals surface area contributed by atoms with Crippen molar-refractivity contribution in [3.63, 3.8) is 0 Å². The lowest BCUT2D eigenvalue weighted by Crippen LogP contribution is -2.47. The van der Waals surface area contributed by atoms with Crippen molar-refractivity contribution in [2.24, 2.45) is 0 Å². The van der Waals surface area contributed by atoms with Crippen LogP contribution in [0.4, 0.5) is 0 Å². The van der Waals surface area contributed by atoms with Crippen molar-refractivity contribution < 1.29 is 9.53 Å². The quantitative estimate of drug-likeness (QED) is 0.845. The van der Waals surface area contributed by atoms with Gasteiger partial charge in [0.2, 0.25) is 0 Å². The Hall–Kier alpha value is -2.19. The fraction of sp³-hybridized carbons (Fsp3) is 0.385.